The average Bonchev–Trinajstić information content (AvgIpc) is 3.46. The van der Waals surface area contributed by atoms with Gasteiger partial charge in [-0.05, 0) is 51.8 Å². The molecule has 0 radical (unpaired) electrons. The molecule has 0 saturated carbocycles. The summed E-state index contributed by atoms with van der Waals surface area (Å²) in [6.45, 7) is 7.72. The van der Waals surface area contributed by atoms with Gasteiger partial charge in [0, 0.05) is 68.8 Å². The van der Waals surface area contributed by atoms with E-state index < -0.39 is 17.8 Å². The summed E-state index contributed by atoms with van der Waals surface area (Å²) in [5.74, 6) is -0.554. The number of hydrogen-bond acceptors (Lipinski definition) is 10. The molecule has 2 atom stereocenters. The van der Waals surface area contributed by atoms with Crippen molar-refractivity contribution in [3.63, 3.8) is 0 Å². The summed E-state index contributed by atoms with van der Waals surface area (Å²) in [7, 11) is 4.20. The Balaban J connectivity index is 1.38. The van der Waals surface area contributed by atoms with Crippen molar-refractivity contribution in [2.45, 2.75) is 57.2 Å². The lowest BCUT2D eigenvalue weighted by Crippen LogP contribution is -2.55. The molecule has 236 valence electrons. The standard InChI is InChI=1S/C33H40FN9O2/c1-22(34)33(44)43-17-16-41(19-23(43)8-11-35)30-25-10-15-42(31-26-7-5-14-40(3)29(26)9-12-37-31)20-28(25)38-32(27(30)18-36)45-21-24-6-4-13-39(24)2/h9,12,23-24H,1,4-8,10,13-17,19-21H2,2-3H3/t23-,24-/m0/s1. The van der Waals surface area contributed by atoms with Crippen LogP contribution in [0.3, 0.4) is 0 Å². The van der Waals surface area contributed by atoms with Crippen LogP contribution < -0.4 is 19.4 Å². The lowest BCUT2D eigenvalue weighted by Gasteiger charge is -2.43. The first-order valence-electron chi connectivity index (χ1n) is 15.8. The topological polar surface area (TPSA) is 116 Å². The normalized spacial score (nSPS) is 21.5. The van der Waals surface area contributed by atoms with E-state index in [9.17, 15) is 19.7 Å². The third kappa shape index (κ3) is 5.87. The van der Waals surface area contributed by atoms with Crippen LogP contribution in [0.2, 0.25) is 0 Å². The maximum atomic E-state index is 13.9. The Morgan fingerprint density at radius 2 is 1.93 bits per heavy atom. The van der Waals surface area contributed by atoms with E-state index in [0.29, 0.717) is 44.1 Å². The Hall–Kier alpha value is -4.42. The number of rotatable bonds is 7. The molecule has 2 fully saturated rings. The van der Waals surface area contributed by atoms with E-state index in [-0.39, 0.29) is 25.6 Å². The summed E-state index contributed by atoms with van der Waals surface area (Å²) >= 11 is 0. The fraction of sp³-hybridized carbons (Fsp3) is 0.545. The molecule has 0 bridgehead atoms. The Bertz CT molecular complexity index is 1570. The number of likely N-dealkylation sites (N-methyl/N-ethyl adjacent to an activating group) is 1. The van der Waals surface area contributed by atoms with E-state index in [1.807, 2.05) is 6.20 Å². The van der Waals surface area contributed by atoms with Crippen LogP contribution in [0.15, 0.2) is 24.7 Å². The second-order valence-corrected chi connectivity index (χ2v) is 12.5. The van der Waals surface area contributed by atoms with E-state index in [4.69, 9.17) is 14.7 Å². The van der Waals surface area contributed by atoms with E-state index in [2.05, 4.69) is 58.5 Å². The minimum Gasteiger partial charge on any atom is -0.475 e. The molecule has 4 aliphatic rings. The minimum atomic E-state index is -1.04. The largest absolute Gasteiger partial charge is 0.475 e. The van der Waals surface area contributed by atoms with Crippen molar-refractivity contribution in [1.82, 2.24) is 19.8 Å². The highest BCUT2D eigenvalue weighted by atomic mass is 19.1. The predicted molar refractivity (Wildman–Crippen MR) is 169 cm³/mol. The van der Waals surface area contributed by atoms with Crippen LogP contribution in [0, 0.1) is 22.7 Å². The number of anilines is 3. The number of amides is 1. The zero-order valence-electron chi connectivity index (χ0n) is 26.1. The lowest BCUT2D eigenvalue weighted by atomic mass is 9.96. The fourth-order valence-electron chi connectivity index (χ4n) is 7.35. The van der Waals surface area contributed by atoms with E-state index in [1.54, 1.807) is 0 Å². The second kappa shape index (κ2) is 12.9. The van der Waals surface area contributed by atoms with Crippen molar-refractivity contribution >= 4 is 23.1 Å². The molecule has 11 nitrogen and oxygen atoms in total. The molecule has 12 heteroatoms. The number of carbonyl (C=O) groups is 1. The van der Waals surface area contributed by atoms with Gasteiger partial charge in [0.05, 0.1) is 36.5 Å². The summed E-state index contributed by atoms with van der Waals surface area (Å²) < 4.78 is 20.3. The zero-order chi connectivity index (χ0) is 31.7. The van der Waals surface area contributed by atoms with Gasteiger partial charge >= 0.3 is 0 Å². The van der Waals surface area contributed by atoms with Gasteiger partial charge in [0.25, 0.3) is 5.91 Å². The molecule has 0 N–H and O–H groups in total. The number of hydrogen-bond donors (Lipinski definition) is 0. The highest BCUT2D eigenvalue weighted by Crippen LogP contribution is 2.40. The van der Waals surface area contributed by atoms with Crippen LogP contribution in [0.4, 0.5) is 21.6 Å². The fourth-order valence-corrected chi connectivity index (χ4v) is 7.35. The van der Waals surface area contributed by atoms with E-state index >= 15 is 0 Å². The van der Waals surface area contributed by atoms with Crippen molar-refractivity contribution in [2.24, 2.45) is 0 Å². The average molecular weight is 614 g/mol. The summed E-state index contributed by atoms with van der Waals surface area (Å²) in [5.41, 5.74) is 5.38. The van der Waals surface area contributed by atoms with Crippen molar-refractivity contribution in [1.29, 1.82) is 10.5 Å². The Kier molecular flexibility index (Phi) is 8.77. The van der Waals surface area contributed by atoms with Crippen molar-refractivity contribution in [2.75, 3.05) is 74.7 Å². The molecule has 6 rings (SSSR count). The van der Waals surface area contributed by atoms with Crippen LogP contribution in [0.25, 0.3) is 0 Å². The number of aromatic nitrogens is 2. The number of likely N-dealkylation sites (tertiary alicyclic amines) is 1. The molecule has 0 aliphatic carbocycles. The molecule has 2 saturated heterocycles. The predicted octanol–water partition coefficient (Wildman–Crippen LogP) is 3.18. The smallest absolute Gasteiger partial charge is 0.282 e. The Labute approximate surface area is 264 Å². The SMILES string of the molecule is C=C(F)C(=O)N1CCN(c2c(C#N)c(OC[C@@H]3CCCN3C)nc3c2CCN(c2nccc4c2CCCN4C)C3)C[C@@H]1CC#N. The van der Waals surface area contributed by atoms with Gasteiger partial charge in [-0.2, -0.15) is 10.5 Å². The van der Waals surface area contributed by atoms with E-state index in [1.165, 1.54) is 16.2 Å². The number of pyridine rings is 2. The van der Waals surface area contributed by atoms with Crippen LogP contribution >= 0.6 is 0 Å². The molecular weight excluding hydrogens is 573 g/mol. The molecule has 6 heterocycles. The number of ether oxygens (including phenoxy) is 1. The van der Waals surface area contributed by atoms with Gasteiger partial charge in [0.15, 0.2) is 5.83 Å². The molecule has 4 aliphatic heterocycles. The van der Waals surface area contributed by atoms with Crippen LogP contribution in [0.5, 0.6) is 5.88 Å². The van der Waals surface area contributed by atoms with Gasteiger partial charge in [-0.3, -0.25) is 4.79 Å². The van der Waals surface area contributed by atoms with Gasteiger partial charge < -0.3 is 29.2 Å². The summed E-state index contributed by atoms with van der Waals surface area (Å²) in [4.78, 5) is 32.7. The van der Waals surface area contributed by atoms with Crippen LogP contribution in [-0.2, 0) is 24.2 Å². The third-order valence-corrected chi connectivity index (χ3v) is 9.75. The first-order chi connectivity index (χ1) is 21.8. The molecule has 2 aromatic heterocycles. The maximum absolute atomic E-state index is 13.9. The van der Waals surface area contributed by atoms with Crippen molar-refractivity contribution in [3.05, 3.63) is 47.1 Å². The van der Waals surface area contributed by atoms with Crippen LogP contribution in [-0.4, -0.2) is 97.7 Å². The summed E-state index contributed by atoms with van der Waals surface area (Å²) in [5, 5.41) is 20.1. The van der Waals surface area contributed by atoms with Crippen molar-refractivity contribution < 1.29 is 13.9 Å². The third-order valence-electron chi connectivity index (χ3n) is 9.75. The van der Waals surface area contributed by atoms with E-state index in [0.717, 1.165) is 61.5 Å². The number of fused-ring (bicyclic) bond motifs is 2. The minimum absolute atomic E-state index is 0.0368. The molecule has 2 aromatic rings. The number of halogens is 1. The summed E-state index contributed by atoms with van der Waals surface area (Å²) in [6.07, 6.45) is 6.72. The quantitative estimate of drug-likeness (QED) is 0.431. The Morgan fingerprint density at radius 1 is 1.09 bits per heavy atom. The number of nitrogens with zero attached hydrogens (tertiary/aromatic N) is 9. The molecule has 0 unspecified atom stereocenters. The first kappa shape index (κ1) is 30.6. The molecule has 1 amide bonds. The second-order valence-electron chi connectivity index (χ2n) is 12.5. The number of piperazine rings is 1. The number of nitriles is 2. The molecule has 0 spiro atoms. The number of carbonyl (C=O) groups excluding carboxylic acids is 1. The van der Waals surface area contributed by atoms with Gasteiger partial charge in [-0.15, -0.1) is 0 Å². The summed E-state index contributed by atoms with van der Waals surface area (Å²) in [6, 6.07) is 6.32. The molecule has 0 aromatic carbocycles. The molecular formula is C33H40FN9O2. The highest BCUT2D eigenvalue weighted by Gasteiger charge is 2.37. The highest BCUT2D eigenvalue weighted by molar-refractivity contribution is 5.91. The van der Waals surface area contributed by atoms with Gasteiger partial charge in [-0.25, -0.2) is 14.4 Å². The zero-order valence-corrected chi connectivity index (χ0v) is 26.1. The lowest BCUT2D eigenvalue weighted by molar-refractivity contribution is -0.131. The molecule has 45 heavy (non-hydrogen) atoms. The van der Waals surface area contributed by atoms with Crippen LogP contribution in [0.1, 0.15) is 48.1 Å². The maximum Gasteiger partial charge on any atom is 0.282 e. The monoisotopic (exact) mass is 613 g/mol. The van der Waals surface area contributed by atoms with Gasteiger partial charge in [0.2, 0.25) is 5.88 Å². The first-order valence-corrected chi connectivity index (χ1v) is 15.8. The van der Waals surface area contributed by atoms with Gasteiger partial charge in [0.1, 0.15) is 24.1 Å². The Morgan fingerprint density at radius 3 is 2.67 bits per heavy atom. The van der Waals surface area contributed by atoms with Gasteiger partial charge in [-0.1, -0.05) is 6.58 Å². The van der Waals surface area contributed by atoms with Crippen molar-refractivity contribution in [3.8, 4) is 18.0 Å².